The van der Waals surface area contributed by atoms with Crippen molar-refractivity contribution in [3.63, 3.8) is 0 Å². The number of hydrogen-bond donors (Lipinski definition) is 1. The lowest BCUT2D eigenvalue weighted by Gasteiger charge is -2.20. The molecule has 0 unspecified atom stereocenters. The average molecular weight is 265 g/mol. The normalized spacial score (nSPS) is 13.1. The van der Waals surface area contributed by atoms with E-state index in [0.717, 1.165) is 6.07 Å². The fourth-order valence-corrected chi connectivity index (χ4v) is 1.47. The number of ether oxygens (including phenoxy) is 3. The molecule has 0 bridgehead atoms. The van der Waals surface area contributed by atoms with Gasteiger partial charge in [-0.15, -0.1) is 0 Å². The first-order valence-corrected chi connectivity index (χ1v) is 4.97. The van der Waals surface area contributed by atoms with Crippen molar-refractivity contribution in [3.8, 4) is 17.2 Å². The van der Waals surface area contributed by atoms with E-state index in [4.69, 9.17) is 19.9 Å². The fraction of sp³-hybridized carbons (Fsp3) is 0.455. The summed E-state index contributed by atoms with van der Waals surface area (Å²) in [4.78, 5) is 0. The van der Waals surface area contributed by atoms with Crippen LogP contribution in [0.2, 0.25) is 0 Å². The monoisotopic (exact) mass is 265 g/mol. The minimum atomic E-state index is -4.56. The quantitative estimate of drug-likeness (QED) is 0.907. The molecule has 0 heterocycles. The van der Waals surface area contributed by atoms with Crippen LogP contribution in [0.3, 0.4) is 0 Å². The molecule has 1 aromatic carbocycles. The second kappa shape index (κ2) is 5.34. The highest BCUT2D eigenvalue weighted by Crippen LogP contribution is 2.41. The maximum absolute atomic E-state index is 12.6. The molecule has 0 aliphatic carbocycles. The van der Waals surface area contributed by atoms with Gasteiger partial charge in [-0.1, -0.05) is 0 Å². The van der Waals surface area contributed by atoms with Gasteiger partial charge in [-0.25, -0.2) is 0 Å². The van der Waals surface area contributed by atoms with Gasteiger partial charge in [-0.3, -0.25) is 0 Å². The Morgan fingerprint density at radius 3 is 1.78 bits per heavy atom. The van der Waals surface area contributed by atoms with Gasteiger partial charge in [0.15, 0.2) is 11.5 Å². The lowest BCUT2D eigenvalue weighted by Crippen LogP contribution is -2.28. The third-order valence-electron chi connectivity index (χ3n) is 2.42. The molecule has 0 aliphatic heterocycles. The van der Waals surface area contributed by atoms with E-state index in [0.29, 0.717) is 0 Å². The van der Waals surface area contributed by atoms with Crippen LogP contribution in [0.5, 0.6) is 17.2 Å². The number of hydrogen-bond acceptors (Lipinski definition) is 4. The highest BCUT2D eigenvalue weighted by atomic mass is 19.4. The van der Waals surface area contributed by atoms with E-state index in [9.17, 15) is 13.2 Å². The van der Waals surface area contributed by atoms with Crippen LogP contribution in [0.15, 0.2) is 12.1 Å². The summed E-state index contributed by atoms with van der Waals surface area (Å²) in [6.07, 6.45) is -4.56. The Morgan fingerprint density at radius 1 is 0.944 bits per heavy atom. The third kappa shape index (κ3) is 2.79. The van der Waals surface area contributed by atoms with Gasteiger partial charge in [0.1, 0.15) is 11.8 Å². The average Bonchev–Trinajstić information content (AvgIpc) is 2.34. The molecule has 102 valence electrons. The van der Waals surface area contributed by atoms with Crippen LogP contribution in [0.25, 0.3) is 0 Å². The predicted octanol–water partition coefficient (Wildman–Crippen LogP) is 2.27. The van der Waals surface area contributed by atoms with Gasteiger partial charge < -0.3 is 19.9 Å². The molecule has 4 nitrogen and oxygen atoms in total. The van der Waals surface area contributed by atoms with Crippen LogP contribution < -0.4 is 19.9 Å². The molecular weight excluding hydrogens is 251 g/mol. The second-order valence-corrected chi connectivity index (χ2v) is 3.47. The summed E-state index contributed by atoms with van der Waals surface area (Å²) in [6, 6.07) is 0.322. The zero-order valence-electron chi connectivity index (χ0n) is 10.2. The van der Waals surface area contributed by atoms with Crippen LogP contribution in [-0.2, 0) is 0 Å². The smallest absolute Gasteiger partial charge is 0.407 e. The van der Waals surface area contributed by atoms with E-state index in [1.165, 1.54) is 27.4 Å². The van der Waals surface area contributed by atoms with Crippen LogP contribution in [0, 0.1) is 0 Å². The summed E-state index contributed by atoms with van der Waals surface area (Å²) in [5, 5.41) is 0. The standard InChI is InChI=1S/C11H14F3NO3/c1-16-7-5-9(18-3)8(17-2)4-6(7)10(15)11(12,13)14/h4-5,10H,15H2,1-3H3/t10-/m0/s1. The number of methoxy groups -OCH3 is 3. The number of rotatable bonds is 4. The molecule has 1 aromatic rings. The SMILES string of the molecule is COc1cc(OC)c([C@H](N)C(F)(F)F)cc1OC. The molecule has 0 saturated carbocycles. The summed E-state index contributed by atoms with van der Waals surface area (Å²) in [5.41, 5.74) is 4.96. The van der Waals surface area contributed by atoms with Gasteiger partial charge in [0.25, 0.3) is 0 Å². The molecule has 2 N–H and O–H groups in total. The predicted molar refractivity (Wildman–Crippen MR) is 59.1 cm³/mol. The van der Waals surface area contributed by atoms with Crippen molar-refractivity contribution in [2.24, 2.45) is 5.73 Å². The Bertz CT molecular complexity index is 421. The topological polar surface area (TPSA) is 53.7 Å². The first-order valence-electron chi connectivity index (χ1n) is 4.97. The minimum Gasteiger partial charge on any atom is -0.496 e. The number of alkyl halides is 3. The summed E-state index contributed by atoms with van der Waals surface area (Å²) in [5.74, 6) is 0.429. The summed E-state index contributed by atoms with van der Waals surface area (Å²) >= 11 is 0. The lowest BCUT2D eigenvalue weighted by molar-refractivity contribution is -0.149. The third-order valence-corrected chi connectivity index (χ3v) is 2.42. The lowest BCUT2D eigenvalue weighted by atomic mass is 10.0. The van der Waals surface area contributed by atoms with Crippen LogP contribution in [-0.4, -0.2) is 27.5 Å². The molecule has 0 aliphatic rings. The summed E-state index contributed by atoms with van der Waals surface area (Å²) < 4.78 is 52.6. The van der Waals surface area contributed by atoms with Gasteiger partial charge >= 0.3 is 6.18 Å². The number of benzene rings is 1. The summed E-state index contributed by atoms with van der Waals surface area (Å²) in [6.45, 7) is 0. The number of nitrogens with two attached hydrogens (primary N) is 1. The van der Waals surface area contributed by atoms with Crippen LogP contribution in [0.4, 0.5) is 13.2 Å². The van der Waals surface area contributed by atoms with Crippen molar-refractivity contribution < 1.29 is 27.4 Å². The molecule has 1 atom stereocenters. The van der Waals surface area contributed by atoms with Crippen molar-refractivity contribution >= 4 is 0 Å². The fourth-order valence-electron chi connectivity index (χ4n) is 1.47. The van der Waals surface area contributed by atoms with E-state index in [1.54, 1.807) is 0 Å². The van der Waals surface area contributed by atoms with Crippen LogP contribution >= 0.6 is 0 Å². The molecule has 18 heavy (non-hydrogen) atoms. The van der Waals surface area contributed by atoms with Crippen molar-refractivity contribution in [1.82, 2.24) is 0 Å². The van der Waals surface area contributed by atoms with E-state index in [-0.39, 0.29) is 22.8 Å². The Hall–Kier alpha value is -1.63. The van der Waals surface area contributed by atoms with Crippen molar-refractivity contribution in [2.45, 2.75) is 12.2 Å². The first-order chi connectivity index (χ1) is 8.35. The molecule has 7 heteroatoms. The molecule has 0 spiro atoms. The van der Waals surface area contributed by atoms with Gasteiger partial charge in [-0.05, 0) is 6.07 Å². The minimum absolute atomic E-state index is 0.00234. The molecule has 0 amide bonds. The van der Waals surface area contributed by atoms with Gasteiger partial charge in [0.05, 0.1) is 21.3 Å². The zero-order chi connectivity index (χ0) is 13.9. The summed E-state index contributed by atoms with van der Waals surface area (Å²) in [7, 11) is 3.96. The van der Waals surface area contributed by atoms with Gasteiger partial charge in [0, 0.05) is 11.6 Å². The Balaban J connectivity index is 3.34. The molecule has 0 aromatic heterocycles. The van der Waals surface area contributed by atoms with Crippen LogP contribution in [0.1, 0.15) is 11.6 Å². The van der Waals surface area contributed by atoms with E-state index >= 15 is 0 Å². The molecule has 1 rings (SSSR count). The molecule has 0 saturated heterocycles. The van der Waals surface area contributed by atoms with Crippen molar-refractivity contribution in [2.75, 3.05) is 21.3 Å². The number of halogens is 3. The Labute approximate surface area is 102 Å². The van der Waals surface area contributed by atoms with Crippen molar-refractivity contribution in [3.05, 3.63) is 17.7 Å². The Kier molecular flexibility index (Phi) is 4.28. The second-order valence-electron chi connectivity index (χ2n) is 3.47. The maximum atomic E-state index is 12.6. The first kappa shape index (κ1) is 14.4. The highest BCUT2D eigenvalue weighted by molar-refractivity contribution is 5.52. The molecule has 0 radical (unpaired) electrons. The largest absolute Gasteiger partial charge is 0.496 e. The van der Waals surface area contributed by atoms with Gasteiger partial charge in [0.2, 0.25) is 0 Å². The molecular formula is C11H14F3NO3. The highest BCUT2D eigenvalue weighted by Gasteiger charge is 2.40. The van der Waals surface area contributed by atoms with E-state index in [1.807, 2.05) is 0 Å². The maximum Gasteiger partial charge on any atom is 0.407 e. The van der Waals surface area contributed by atoms with Gasteiger partial charge in [-0.2, -0.15) is 13.2 Å². The molecule has 0 fully saturated rings. The van der Waals surface area contributed by atoms with Crippen molar-refractivity contribution in [1.29, 1.82) is 0 Å². The Morgan fingerprint density at radius 2 is 1.39 bits per heavy atom. The van der Waals surface area contributed by atoms with E-state index < -0.39 is 12.2 Å². The van der Waals surface area contributed by atoms with E-state index in [2.05, 4.69) is 0 Å². The zero-order valence-corrected chi connectivity index (χ0v) is 10.2.